The van der Waals surface area contributed by atoms with E-state index in [1.165, 1.54) is 0 Å². The zero-order chi connectivity index (χ0) is 15.4. The number of fused-ring (bicyclic) bond motifs is 1. The quantitative estimate of drug-likeness (QED) is 0.614. The topological polar surface area (TPSA) is 39.2 Å². The molecular weight excluding hydrogens is 309 g/mol. The van der Waals surface area contributed by atoms with Gasteiger partial charge in [0, 0.05) is 17.0 Å². The molecule has 0 aliphatic rings. The summed E-state index contributed by atoms with van der Waals surface area (Å²) in [6.07, 6.45) is 0.913. The van der Waals surface area contributed by atoms with Gasteiger partial charge in [0.05, 0.1) is 23.6 Å². The largest absolute Gasteiger partial charge is 0.466 e. The van der Waals surface area contributed by atoms with Gasteiger partial charge in [0.25, 0.3) is 0 Å². The van der Waals surface area contributed by atoms with Crippen molar-refractivity contribution in [3.05, 3.63) is 40.0 Å². The molecule has 0 saturated heterocycles. The van der Waals surface area contributed by atoms with Gasteiger partial charge >= 0.3 is 5.97 Å². The molecule has 0 saturated carbocycles. The van der Waals surface area contributed by atoms with Crippen LogP contribution in [0.1, 0.15) is 23.7 Å². The Hall–Kier alpha value is -1.32. The highest BCUT2D eigenvalue weighted by molar-refractivity contribution is 6.36. The van der Waals surface area contributed by atoms with Gasteiger partial charge in [-0.3, -0.25) is 9.78 Å². The van der Waals surface area contributed by atoms with Crippen molar-refractivity contribution in [2.45, 2.75) is 26.7 Å². The summed E-state index contributed by atoms with van der Waals surface area (Å²) in [7, 11) is 0. The van der Waals surface area contributed by atoms with E-state index < -0.39 is 0 Å². The number of nitrogens with zero attached hydrogens (tertiary/aromatic N) is 1. The highest BCUT2D eigenvalue weighted by Crippen LogP contribution is 2.29. The number of aromatic nitrogens is 1. The molecule has 0 N–H and O–H groups in total. The minimum Gasteiger partial charge on any atom is -0.466 e. The molecule has 0 unspecified atom stereocenters. The molecule has 0 spiro atoms. The molecule has 0 radical (unpaired) electrons. The van der Waals surface area contributed by atoms with E-state index in [4.69, 9.17) is 27.9 Å². The van der Waals surface area contributed by atoms with Crippen molar-refractivity contribution >= 4 is 40.1 Å². The first-order chi connectivity index (χ1) is 10.1. The standard InChI is InChI=1S/C16H17Cl2NO2/c1-3-21-15(20)9-11-4-5-14-13(8-11)16(18)12(6-7-17)10(2)19-14/h4-5,8H,3,6-7,9H2,1-2H3. The van der Waals surface area contributed by atoms with E-state index in [0.29, 0.717) is 23.9 Å². The zero-order valence-electron chi connectivity index (χ0n) is 12.1. The molecule has 0 aliphatic heterocycles. The van der Waals surface area contributed by atoms with Crippen molar-refractivity contribution in [1.82, 2.24) is 4.98 Å². The maximum absolute atomic E-state index is 11.6. The number of hydrogen-bond acceptors (Lipinski definition) is 3. The van der Waals surface area contributed by atoms with Gasteiger partial charge in [0.15, 0.2) is 0 Å². The minimum absolute atomic E-state index is 0.235. The predicted octanol–water partition coefficient (Wildman–Crippen LogP) is 4.08. The van der Waals surface area contributed by atoms with Gasteiger partial charge < -0.3 is 4.74 Å². The molecule has 1 heterocycles. The highest BCUT2D eigenvalue weighted by Gasteiger charge is 2.12. The summed E-state index contributed by atoms with van der Waals surface area (Å²) in [4.78, 5) is 16.1. The predicted molar refractivity (Wildman–Crippen MR) is 86.3 cm³/mol. The fourth-order valence-corrected chi connectivity index (χ4v) is 2.87. The summed E-state index contributed by atoms with van der Waals surface area (Å²) in [5.41, 5.74) is 3.55. The summed E-state index contributed by atoms with van der Waals surface area (Å²) in [6.45, 7) is 4.10. The van der Waals surface area contributed by atoms with Crippen LogP contribution in [0.5, 0.6) is 0 Å². The van der Waals surface area contributed by atoms with Gasteiger partial charge in [-0.15, -0.1) is 11.6 Å². The summed E-state index contributed by atoms with van der Waals surface area (Å²) in [5.74, 6) is 0.255. The minimum atomic E-state index is -0.242. The number of hydrogen-bond donors (Lipinski definition) is 0. The Labute approximate surface area is 134 Å². The van der Waals surface area contributed by atoms with Crippen molar-refractivity contribution in [1.29, 1.82) is 0 Å². The summed E-state index contributed by atoms with van der Waals surface area (Å²) in [6, 6.07) is 5.66. The Morgan fingerprint density at radius 1 is 1.38 bits per heavy atom. The van der Waals surface area contributed by atoms with E-state index in [1.54, 1.807) is 6.92 Å². The van der Waals surface area contributed by atoms with Crippen molar-refractivity contribution in [2.75, 3.05) is 12.5 Å². The average Bonchev–Trinajstić information content (AvgIpc) is 2.44. The number of pyridine rings is 1. The lowest BCUT2D eigenvalue weighted by atomic mass is 10.0. The van der Waals surface area contributed by atoms with Gasteiger partial charge in [0.2, 0.25) is 0 Å². The third-order valence-electron chi connectivity index (χ3n) is 3.29. The average molecular weight is 326 g/mol. The van der Waals surface area contributed by atoms with E-state index in [-0.39, 0.29) is 12.4 Å². The number of esters is 1. The van der Waals surface area contributed by atoms with Crippen LogP contribution in [0.15, 0.2) is 18.2 Å². The Kier molecular flexibility index (Phi) is 5.43. The second kappa shape index (κ2) is 7.10. The van der Waals surface area contributed by atoms with Gasteiger partial charge in [-0.1, -0.05) is 17.7 Å². The van der Waals surface area contributed by atoms with Gasteiger partial charge in [-0.05, 0) is 43.5 Å². The van der Waals surface area contributed by atoms with Crippen LogP contribution in [0.3, 0.4) is 0 Å². The van der Waals surface area contributed by atoms with Crippen molar-refractivity contribution in [3.63, 3.8) is 0 Å². The second-order valence-corrected chi connectivity index (χ2v) is 5.52. The number of halogens is 2. The zero-order valence-corrected chi connectivity index (χ0v) is 13.6. The van der Waals surface area contributed by atoms with Gasteiger partial charge in [-0.2, -0.15) is 0 Å². The summed E-state index contributed by atoms with van der Waals surface area (Å²) < 4.78 is 4.96. The monoisotopic (exact) mass is 325 g/mol. The molecule has 0 bridgehead atoms. The highest BCUT2D eigenvalue weighted by atomic mass is 35.5. The van der Waals surface area contributed by atoms with E-state index >= 15 is 0 Å². The third kappa shape index (κ3) is 3.66. The summed E-state index contributed by atoms with van der Waals surface area (Å²) in [5, 5.41) is 1.52. The third-order valence-corrected chi connectivity index (χ3v) is 3.91. The van der Waals surface area contributed by atoms with Crippen molar-refractivity contribution < 1.29 is 9.53 Å². The first-order valence-corrected chi connectivity index (χ1v) is 7.77. The van der Waals surface area contributed by atoms with Crippen LogP contribution in [-0.4, -0.2) is 23.4 Å². The number of ether oxygens (including phenoxy) is 1. The van der Waals surface area contributed by atoms with Gasteiger partial charge in [-0.25, -0.2) is 0 Å². The Bertz CT molecular complexity index is 671. The fourth-order valence-electron chi connectivity index (χ4n) is 2.30. The number of benzene rings is 1. The lowest BCUT2D eigenvalue weighted by molar-refractivity contribution is -0.142. The number of carbonyl (C=O) groups excluding carboxylic acids is 1. The molecule has 2 rings (SSSR count). The molecular formula is C16H17Cl2NO2. The molecule has 112 valence electrons. The maximum atomic E-state index is 11.6. The first kappa shape index (κ1) is 16.1. The number of carbonyl (C=O) groups is 1. The molecule has 0 amide bonds. The Morgan fingerprint density at radius 3 is 2.81 bits per heavy atom. The number of aryl methyl sites for hydroxylation is 1. The van der Waals surface area contributed by atoms with Crippen LogP contribution in [-0.2, 0) is 22.4 Å². The van der Waals surface area contributed by atoms with Crippen LogP contribution < -0.4 is 0 Å². The molecule has 3 nitrogen and oxygen atoms in total. The molecule has 0 atom stereocenters. The smallest absolute Gasteiger partial charge is 0.310 e. The van der Waals surface area contributed by atoms with E-state index in [9.17, 15) is 4.79 Å². The van der Waals surface area contributed by atoms with Gasteiger partial charge in [0.1, 0.15) is 0 Å². The number of rotatable bonds is 5. The Morgan fingerprint density at radius 2 is 2.14 bits per heavy atom. The van der Waals surface area contributed by atoms with E-state index in [1.807, 2.05) is 25.1 Å². The molecule has 0 aliphatic carbocycles. The first-order valence-electron chi connectivity index (χ1n) is 6.86. The molecule has 5 heteroatoms. The molecule has 2 aromatic rings. The van der Waals surface area contributed by atoms with Crippen molar-refractivity contribution in [2.24, 2.45) is 0 Å². The van der Waals surface area contributed by atoms with E-state index in [0.717, 1.165) is 27.7 Å². The Balaban J connectivity index is 2.43. The van der Waals surface area contributed by atoms with E-state index in [2.05, 4.69) is 4.98 Å². The van der Waals surface area contributed by atoms with Crippen LogP contribution in [0.2, 0.25) is 5.02 Å². The van der Waals surface area contributed by atoms with Crippen LogP contribution in [0.4, 0.5) is 0 Å². The van der Waals surface area contributed by atoms with Crippen LogP contribution >= 0.6 is 23.2 Å². The maximum Gasteiger partial charge on any atom is 0.310 e. The normalized spacial score (nSPS) is 10.9. The molecule has 21 heavy (non-hydrogen) atoms. The fraction of sp³-hybridized carbons (Fsp3) is 0.375. The lowest BCUT2D eigenvalue weighted by Gasteiger charge is -2.11. The SMILES string of the molecule is CCOC(=O)Cc1ccc2nc(C)c(CCCl)c(Cl)c2c1. The van der Waals surface area contributed by atoms with Crippen LogP contribution in [0, 0.1) is 6.92 Å². The number of alkyl halides is 1. The summed E-state index contributed by atoms with van der Waals surface area (Å²) >= 11 is 12.3. The molecule has 1 aromatic carbocycles. The van der Waals surface area contributed by atoms with Crippen molar-refractivity contribution in [3.8, 4) is 0 Å². The lowest BCUT2D eigenvalue weighted by Crippen LogP contribution is -2.07. The second-order valence-electron chi connectivity index (χ2n) is 4.76. The molecule has 0 fully saturated rings. The molecule has 1 aromatic heterocycles. The van der Waals surface area contributed by atoms with Crippen LogP contribution in [0.25, 0.3) is 10.9 Å².